The lowest BCUT2D eigenvalue weighted by Crippen LogP contribution is -2.37. The molecule has 5 heteroatoms. The smallest absolute Gasteiger partial charge is 0.259 e. The van der Waals surface area contributed by atoms with Gasteiger partial charge in [-0.1, -0.05) is 36.9 Å². The Morgan fingerprint density at radius 2 is 1.79 bits per heavy atom. The SMILES string of the molecule is C=C1c2ccccc2C(=O)N1CC(=O)N[C@@H](C)c1ccc(F)cc1. The molecular weight excluding hydrogens is 307 g/mol. The second-order valence-electron chi connectivity index (χ2n) is 5.72. The second kappa shape index (κ2) is 6.28. The Kier molecular flexibility index (Phi) is 4.16. The molecule has 2 amide bonds. The first kappa shape index (κ1) is 15.9. The molecule has 3 rings (SSSR count). The first-order valence-corrected chi connectivity index (χ1v) is 7.62. The van der Waals surface area contributed by atoms with Crippen molar-refractivity contribution in [3.63, 3.8) is 0 Å². The van der Waals surface area contributed by atoms with Crippen LogP contribution in [-0.2, 0) is 4.79 Å². The molecule has 0 saturated carbocycles. The maximum absolute atomic E-state index is 13.0. The molecule has 24 heavy (non-hydrogen) atoms. The highest BCUT2D eigenvalue weighted by atomic mass is 19.1. The molecule has 2 aromatic rings. The molecule has 1 atom stereocenters. The molecule has 0 aliphatic carbocycles. The third-order valence-corrected chi connectivity index (χ3v) is 4.09. The number of carbonyl (C=O) groups excluding carboxylic acids is 2. The van der Waals surface area contributed by atoms with E-state index in [2.05, 4.69) is 11.9 Å². The van der Waals surface area contributed by atoms with Crippen LogP contribution in [-0.4, -0.2) is 23.3 Å². The Labute approximate surface area is 139 Å². The molecule has 1 heterocycles. The highest BCUT2D eigenvalue weighted by Gasteiger charge is 2.32. The third kappa shape index (κ3) is 2.93. The molecule has 1 aliphatic rings. The second-order valence-corrected chi connectivity index (χ2v) is 5.72. The van der Waals surface area contributed by atoms with E-state index in [-0.39, 0.29) is 30.2 Å². The van der Waals surface area contributed by atoms with E-state index in [1.54, 1.807) is 31.2 Å². The van der Waals surface area contributed by atoms with Crippen LogP contribution in [0.5, 0.6) is 0 Å². The largest absolute Gasteiger partial charge is 0.348 e. The normalized spacial score (nSPS) is 14.5. The van der Waals surface area contributed by atoms with Crippen LogP contribution in [0.4, 0.5) is 4.39 Å². The number of benzene rings is 2. The molecule has 0 bridgehead atoms. The number of nitrogens with one attached hydrogen (secondary N) is 1. The zero-order valence-corrected chi connectivity index (χ0v) is 13.3. The number of hydrogen-bond donors (Lipinski definition) is 1. The van der Waals surface area contributed by atoms with Gasteiger partial charge in [0.25, 0.3) is 5.91 Å². The van der Waals surface area contributed by atoms with E-state index in [1.165, 1.54) is 17.0 Å². The van der Waals surface area contributed by atoms with Crippen molar-refractivity contribution in [1.82, 2.24) is 10.2 Å². The van der Waals surface area contributed by atoms with Gasteiger partial charge in [-0.3, -0.25) is 14.5 Å². The van der Waals surface area contributed by atoms with Gasteiger partial charge in [-0.2, -0.15) is 0 Å². The monoisotopic (exact) mass is 324 g/mol. The molecule has 0 fully saturated rings. The van der Waals surface area contributed by atoms with Crippen LogP contribution in [0.1, 0.15) is 34.5 Å². The Morgan fingerprint density at radius 1 is 1.17 bits per heavy atom. The zero-order valence-electron chi connectivity index (χ0n) is 13.3. The van der Waals surface area contributed by atoms with Gasteiger partial charge in [0.15, 0.2) is 0 Å². The van der Waals surface area contributed by atoms with Gasteiger partial charge in [-0.05, 0) is 30.7 Å². The first-order chi connectivity index (χ1) is 11.5. The minimum Gasteiger partial charge on any atom is -0.348 e. The Balaban J connectivity index is 1.66. The molecule has 0 spiro atoms. The maximum atomic E-state index is 13.0. The standard InChI is InChI=1S/C19H17FN2O2/c1-12(14-7-9-15(20)10-8-14)21-18(23)11-22-13(2)16-5-3-4-6-17(16)19(22)24/h3-10,12H,2,11H2,1H3,(H,21,23)/t12-/m0/s1. The molecule has 4 nitrogen and oxygen atoms in total. The lowest BCUT2D eigenvalue weighted by atomic mass is 10.1. The van der Waals surface area contributed by atoms with Crippen molar-refractivity contribution in [3.8, 4) is 0 Å². The van der Waals surface area contributed by atoms with Crippen molar-refractivity contribution in [2.45, 2.75) is 13.0 Å². The summed E-state index contributed by atoms with van der Waals surface area (Å²) < 4.78 is 13.0. The summed E-state index contributed by atoms with van der Waals surface area (Å²) in [6.45, 7) is 5.62. The summed E-state index contributed by atoms with van der Waals surface area (Å²) in [7, 11) is 0. The number of nitrogens with zero attached hydrogens (tertiary/aromatic N) is 1. The number of carbonyl (C=O) groups is 2. The van der Waals surface area contributed by atoms with E-state index < -0.39 is 0 Å². The van der Waals surface area contributed by atoms with Gasteiger partial charge in [0.05, 0.1) is 6.04 Å². The first-order valence-electron chi connectivity index (χ1n) is 7.62. The quantitative estimate of drug-likeness (QED) is 0.939. The topological polar surface area (TPSA) is 49.4 Å². The molecule has 0 unspecified atom stereocenters. The van der Waals surface area contributed by atoms with Crippen LogP contribution in [0.15, 0.2) is 55.1 Å². The van der Waals surface area contributed by atoms with Crippen molar-refractivity contribution in [2.24, 2.45) is 0 Å². The van der Waals surface area contributed by atoms with Crippen molar-refractivity contribution in [1.29, 1.82) is 0 Å². The van der Waals surface area contributed by atoms with E-state index in [1.807, 2.05) is 12.1 Å². The number of amides is 2. The molecule has 0 aromatic heterocycles. The van der Waals surface area contributed by atoms with Gasteiger partial charge in [0.2, 0.25) is 5.91 Å². The number of fused-ring (bicyclic) bond motifs is 1. The predicted molar refractivity (Wildman–Crippen MR) is 89.5 cm³/mol. The minimum absolute atomic E-state index is 0.0993. The van der Waals surface area contributed by atoms with Crippen LogP contribution in [0.3, 0.4) is 0 Å². The lowest BCUT2D eigenvalue weighted by molar-refractivity contribution is -0.121. The number of halogens is 1. The van der Waals surface area contributed by atoms with Crippen molar-refractivity contribution >= 4 is 17.5 Å². The van der Waals surface area contributed by atoms with E-state index >= 15 is 0 Å². The Hall–Kier alpha value is -2.95. The minimum atomic E-state index is -0.325. The summed E-state index contributed by atoms with van der Waals surface area (Å²) >= 11 is 0. The van der Waals surface area contributed by atoms with Gasteiger partial charge in [-0.15, -0.1) is 0 Å². The van der Waals surface area contributed by atoms with E-state index in [0.29, 0.717) is 11.3 Å². The van der Waals surface area contributed by atoms with E-state index in [9.17, 15) is 14.0 Å². The Bertz CT molecular complexity index is 779. The summed E-state index contributed by atoms with van der Waals surface area (Å²) in [5.41, 5.74) is 2.63. The lowest BCUT2D eigenvalue weighted by Gasteiger charge is -2.19. The molecule has 0 saturated heterocycles. The average Bonchev–Trinajstić information content (AvgIpc) is 2.81. The zero-order chi connectivity index (χ0) is 17.3. The highest BCUT2D eigenvalue weighted by molar-refractivity contribution is 6.10. The van der Waals surface area contributed by atoms with Gasteiger partial charge >= 0.3 is 0 Å². The van der Waals surface area contributed by atoms with Crippen molar-refractivity contribution in [2.75, 3.05) is 6.54 Å². The maximum Gasteiger partial charge on any atom is 0.259 e. The molecule has 0 radical (unpaired) electrons. The fourth-order valence-corrected chi connectivity index (χ4v) is 2.77. The molecule has 1 N–H and O–H groups in total. The summed E-state index contributed by atoms with van der Waals surface area (Å²) in [5, 5.41) is 2.81. The third-order valence-electron chi connectivity index (χ3n) is 4.09. The van der Waals surface area contributed by atoms with Gasteiger partial charge in [0, 0.05) is 16.8 Å². The fraction of sp³-hybridized carbons (Fsp3) is 0.158. The molecule has 2 aromatic carbocycles. The Morgan fingerprint density at radius 3 is 2.42 bits per heavy atom. The van der Waals surface area contributed by atoms with Gasteiger partial charge < -0.3 is 5.32 Å². The average molecular weight is 324 g/mol. The van der Waals surface area contributed by atoms with Gasteiger partial charge in [-0.25, -0.2) is 4.39 Å². The van der Waals surface area contributed by atoms with E-state index in [4.69, 9.17) is 0 Å². The number of hydrogen-bond acceptors (Lipinski definition) is 2. The molecular formula is C19H17FN2O2. The van der Waals surface area contributed by atoms with Gasteiger partial charge in [0.1, 0.15) is 12.4 Å². The van der Waals surface area contributed by atoms with E-state index in [0.717, 1.165) is 11.1 Å². The van der Waals surface area contributed by atoms with Crippen LogP contribution in [0.25, 0.3) is 5.70 Å². The molecule has 122 valence electrons. The predicted octanol–water partition coefficient (Wildman–Crippen LogP) is 3.13. The van der Waals surface area contributed by atoms with Crippen LogP contribution in [0, 0.1) is 5.82 Å². The summed E-state index contributed by atoms with van der Waals surface area (Å²) in [6, 6.07) is 12.8. The summed E-state index contributed by atoms with van der Waals surface area (Å²) in [4.78, 5) is 26.0. The fourth-order valence-electron chi connectivity index (χ4n) is 2.77. The summed E-state index contributed by atoms with van der Waals surface area (Å²) in [5.74, 6) is -0.844. The van der Waals surface area contributed by atoms with Crippen LogP contribution >= 0.6 is 0 Å². The summed E-state index contributed by atoms with van der Waals surface area (Å²) in [6.07, 6.45) is 0. The highest BCUT2D eigenvalue weighted by Crippen LogP contribution is 2.30. The van der Waals surface area contributed by atoms with Crippen LogP contribution in [0.2, 0.25) is 0 Å². The van der Waals surface area contributed by atoms with Crippen molar-refractivity contribution in [3.05, 3.63) is 77.6 Å². The van der Waals surface area contributed by atoms with Crippen LogP contribution < -0.4 is 5.32 Å². The van der Waals surface area contributed by atoms with Crippen molar-refractivity contribution < 1.29 is 14.0 Å². The molecule has 1 aliphatic heterocycles. The number of rotatable bonds is 4.